The molecule has 0 unspecified atom stereocenters. The Morgan fingerprint density at radius 1 is 1.11 bits per heavy atom. The van der Waals surface area contributed by atoms with Gasteiger partial charge in [-0.3, -0.25) is 4.79 Å². The van der Waals surface area contributed by atoms with Crippen molar-refractivity contribution in [2.45, 2.75) is 31.2 Å². The topological polar surface area (TPSA) is 93.5 Å². The Morgan fingerprint density at radius 2 is 1.83 bits per heavy atom. The number of benzene rings is 2. The number of nitrogens with one attached hydrogen (secondary N) is 1. The minimum absolute atomic E-state index is 0.126. The van der Waals surface area contributed by atoms with Gasteiger partial charge in [-0.25, -0.2) is 13.4 Å². The van der Waals surface area contributed by atoms with E-state index in [9.17, 15) is 13.2 Å². The van der Waals surface area contributed by atoms with Crippen LogP contribution in [0.2, 0.25) is 0 Å². The second-order valence-electron chi connectivity index (χ2n) is 9.38. The third-order valence-corrected chi connectivity index (χ3v) is 8.22. The van der Waals surface area contributed by atoms with Crippen LogP contribution >= 0.6 is 0 Å². The SMILES string of the molecule is COc1cccc([C@H](NC(=O)c2cccc(S(=O)(=O)N3C[C@@H](C)C[C@H](C)C3)c2)c2nccn2C)c1. The normalized spacial score (nSPS) is 19.8. The highest BCUT2D eigenvalue weighted by Crippen LogP contribution is 2.28. The third kappa shape index (κ3) is 5.41. The van der Waals surface area contributed by atoms with E-state index in [1.807, 2.05) is 42.1 Å². The van der Waals surface area contributed by atoms with Crippen LogP contribution in [0, 0.1) is 11.8 Å². The van der Waals surface area contributed by atoms with E-state index in [-0.39, 0.29) is 10.5 Å². The van der Waals surface area contributed by atoms with E-state index in [1.54, 1.807) is 31.5 Å². The number of hydrogen-bond donors (Lipinski definition) is 1. The highest BCUT2D eigenvalue weighted by Gasteiger charge is 2.32. The molecule has 1 fully saturated rings. The molecule has 4 rings (SSSR count). The zero-order valence-electron chi connectivity index (χ0n) is 20.5. The van der Waals surface area contributed by atoms with Crippen molar-refractivity contribution in [1.29, 1.82) is 0 Å². The van der Waals surface area contributed by atoms with Crippen molar-refractivity contribution in [2.24, 2.45) is 18.9 Å². The van der Waals surface area contributed by atoms with Gasteiger partial charge < -0.3 is 14.6 Å². The third-order valence-electron chi connectivity index (χ3n) is 6.39. The summed E-state index contributed by atoms with van der Waals surface area (Å²) >= 11 is 0. The molecule has 0 radical (unpaired) electrons. The van der Waals surface area contributed by atoms with Crippen molar-refractivity contribution in [3.05, 3.63) is 77.9 Å². The van der Waals surface area contributed by atoms with Gasteiger partial charge in [0.05, 0.1) is 12.0 Å². The quantitative estimate of drug-likeness (QED) is 0.539. The van der Waals surface area contributed by atoms with Crippen LogP contribution in [0.4, 0.5) is 0 Å². The maximum atomic E-state index is 13.4. The Labute approximate surface area is 207 Å². The van der Waals surface area contributed by atoms with Gasteiger partial charge in [0.15, 0.2) is 0 Å². The first-order valence-corrected chi connectivity index (χ1v) is 13.1. The minimum Gasteiger partial charge on any atom is -0.497 e. The van der Waals surface area contributed by atoms with Crippen molar-refractivity contribution < 1.29 is 17.9 Å². The van der Waals surface area contributed by atoms with Gasteiger partial charge >= 0.3 is 0 Å². The molecule has 1 aromatic heterocycles. The summed E-state index contributed by atoms with van der Waals surface area (Å²) in [7, 11) is -0.260. The molecule has 0 saturated carbocycles. The van der Waals surface area contributed by atoms with Gasteiger partial charge in [-0.05, 0) is 54.2 Å². The number of aryl methyl sites for hydroxylation is 1. The van der Waals surface area contributed by atoms with Crippen LogP contribution < -0.4 is 10.1 Å². The molecule has 0 spiro atoms. The average Bonchev–Trinajstić information content (AvgIpc) is 3.27. The van der Waals surface area contributed by atoms with Crippen molar-refractivity contribution in [1.82, 2.24) is 19.2 Å². The number of ether oxygens (including phenoxy) is 1. The number of hydrogen-bond acceptors (Lipinski definition) is 5. The number of sulfonamides is 1. The van der Waals surface area contributed by atoms with Crippen LogP contribution in [-0.2, 0) is 17.1 Å². The summed E-state index contributed by atoms with van der Waals surface area (Å²) in [4.78, 5) is 17.9. The van der Waals surface area contributed by atoms with Crippen LogP contribution in [0.15, 0.2) is 65.8 Å². The zero-order chi connectivity index (χ0) is 25.2. The first-order chi connectivity index (χ1) is 16.7. The second kappa shape index (κ2) is 10.2. The Morgan fingerprint density at radius 3 is 2.49 bits per heavy atom. The van der Waals surface area contributed by atoms with Gasteiger partial charge in [-0.1, -0.05) is 32.0 Å². The number of amides is 1. The Bertz CT molecular complexity index is 1290. The fourth-order valence-corrected chi connectivity index (χ4v) is 6.46. The van der Waals surface area contributed by atoms with E-state index in [0.717, 1.165) is 12.0 Å². The molecule has 8 nitrogen and oxygen atoms in total. The van der Waals surface area contributed by atoms with E-state index in [2.05, 4.69) is 24.1 Å². The molecule has 2 heterocycles. The summed E-state index contributed by atoms with van der Waals surface area (Å²) in [6.07, 6.45) is 4.48. The number of piperidine rings is 1. The lowest BCUT2D eigenvalue weighted by Crippen LogP contribution is -2.42. The summed E-state index contributed by atoms with van der Waals surface area (Å²) in [5, 5.41) is 3.03. The predicted octanol–water partition coefficient (Wildman–Crippen LogP) is 3.61. The molecule has 9 heteroatoms. The van der Waals surface area contributed by atoms with Crippen LogP contribution in [0.1, 0.15) is 48.1 Å². The van der Waals surface area contributed by atoms with E-state index >= 15 is 0 Å². The summed E-state index contributed by atoms with van der Waals surface area (Å²) in [5.74, 6) is 1.50. The van der Waals surface area contributed by atoms with Crippen LogP contribution in [0.5, 0.6) is 5.75 Å². The molecule has 0 aliphatic carbocycles. The highest BCUT2D eigenvalue weighted by molar-refractivity contribution is 7.89. The van der Waals surface area contributed by atoms with Gasteiger partial charge in [-0.15, -0.1) is 0 Å². The number of carbonyl (C=O) groups is 1. The molecule has 1 N–H and O–H groups in total. The number of aromatic nitrogens is 2. The molecule has 3 atom stereocenters. The van der Waals surface area contributed by atoms with Crippen LogP contribution in [0.3, 0.4) is 0 Å². The maximum Gasteiger partial charge on any atom is 0.252 e. The molecule has 3 aromatic rings. The molecule has 1 aliphatic rings. The van der Waals surface area contributed by atoms with Crippen LogP contribution in [-0.4, -0.2) is 48.4 Å². The Hall–Kier alpha value is -3.17. The van der Waals surface area contributed by atoms with Gasteiger partial charge in [-0.2, -0.15) is 4.31 Å². The number of methoxy groups -OCH3 is 1. The minimum atomic E-state index is -3.70. The largest absolute Gasteiger partial charge is 0.497 e. The summed E-state index contributed by atoms with van der Waals surface area (Å²) in [6.45, 7) is 5.11. The van der Waals surface area contributed by atoms with Crippen LogP contribution in [0.25, 0.3) is 0 Å². The molecule has 2 aromatic carbocycles. The Balaban J connectivity index is 1.63. The number of nitrogens with zero attached hydrogens (tertiary/aromatic N) is 3. The first-order valence-electron chi connectivity index (χ1n) is 11.7. The zero-order valence-corrected chi connectivity index (χ0v) is 21.3. The van der Waals surface area contributed by atoms with Crippen molar-refractivity contribution in [3.8, 4) is 5.75 Å². The lowest BCUT2D eigenvalue weighted by atomic mass is 9.94. The standard InChI is InChI=1S/C26H32N4O4S/c1-18-13-19(2)17-30(16-18)35(32,33)23-10-6-8-21(15-23)26(31)28-24(25-27-11-12-29(25)3)20-7-5-9-22(14-20)34-4/h5-12,14-15,18-19,24H,13,16-17H2,1-4H3,(H,28,31)/t18-,19-,24-/m0/s1. The monoisotopic (exact) mass is 496 g/mol. The predicted molar refractivity (Wildman–Crippen MR) is 134 cm³/mol. The van der Waals surface area contributed by atoms with Crippen molar-refractivity contribution in [2.75, 3.05) is 20.2 Å². The molecule has 1 saturated heterocycles. The second-order valence-corrected chi connectivity index (χ2v) is 11.3. The summed E-state index contributed by atoms with van der Waals surface area (Å²) < 4.78 is 35.5. The fourth-order valence-electron chi connectivity index (χ4n) is 4.74. The lowest BCUT2D eigenvalue weighted by molar-refractivity contribution is 0.0941. The van der Waals surface area contributed by atoms with E-state index in [1.165, 1.54) is 10.4 Å². The smallest absolute Gasteiger partial charge is 0.252 e. The molecule has 1 amide bonds. The summed E-state index contributed by atoms with van der Waals surface area (Å²) in [5.41, 5.74) is 1.07. The fraction of sp³-hybridized carbons (Fsp3) is 0.385. The molecule has 35 heavy (non-hydrogen) atoms. The highest BCUT2D eigenvalue weighted by atomic mass is 32.2. The van der Waals surface area contributed by atoms with Gasteiger partial charge in [0, 0.05) is 38.1 Å². The van der Waals surface area contributed by atoms with Gasteiger partial charge in [0.2, 0.25) is 10.0 Å². The molecular formula is C26H32N4O4S. The van der Waals surface area contributed by atoms with Crippen molar-refractivity contribution in [3.63, 3.8) is 0 Å². The molecule has 0 bridgehead atoms. The number of rotatable bonds is 7. The lowest BCUT2D eigenvalue weighted by Gasteiger charge is -2.34. The summed E-state index contributed by atoms with van der Waals surface area (Å²) in [6, 6.07) is 13.1. The van der Waals surface area contributed by atoms with E-state index in [4.69, 9.17) is 4.74 Å². The van der Waals surface area contributed by atoms with Crippen molar-refractivity contribution >= 4 is 15.9 Å². The Kier molecular flexibility index (Phi) is 7.28. The molecule has 1 aliphatic heterocycles. The molecule has 186 valence electrons. The molecular weight excluding hydrogens is 464 g/mol. The van der Waals surface area contributed by atoms with Gasteiger partial charge in [0.25, 0.3) is 5.91 Å². The van der Waals surface area contributed by atoms with Gasteiger partial charge in [0.1, 0.15) is 17.6 Å². The first kappa shape index (κ1) is 24.9. The van der Waals surface area contributed by atoms with E-state index < -0.39 is 22.0 Å². The van der Waals surface area contributed by atoms with E-state index in [0.29, 0.717) is 36.5 Å². The average molecular weight is 497 g/mol. The maximum absolute atomic E-state index is 13.4. The number of imidazole rings is 1. The number of carbonyl (C=O) groups excluding carboxylic acids is 1.